The van der Waals surface area contributed by atoms with E-state index in [2.05, 4.69) is 5.32 Å². The first kappa shape index (κ1) is 15.8. The highest BCUT2D eigenvalue weighted by Crippen LogP contribution is 2.30. The number of carboxylic acid groups (broad SMARTS) is 1. The molecule has 0 spiro atoms. The van der Waals surface area contributed by atoms with E-state index in [-0.39, 0.29) is 24.9 Å². The van der Waals surface area contributed by atoms with Crippen molar-refractivity contribution in [1.82, 2.24) is 10.2 Å². The molecule has 1 unspecified atom stereocenters. The zero-order valence-electron chi connectivity index (χ0n) is 12.6. The first-order valence-electron chi connectivity index (χ1n) is 7.68. The summed E-state index contributed by atoms with van der Waals surface area (Å²) in [5.74, 6) is -0.680. The molecule has 2 fully saturated rings. The minimum atomic E-state index is -0.872. The first-order valence-corrected chi connectivity index (χ1v) is 7.68. The highest BCUT2D eigenvalue weighted by atomic mass is 16.4. The molecule has 1 atom stereocenters. The maximum atomic E-state index is 12.0. The van der Waals surface area contributed by atoms with Crippen LogP contribution in [-0.4, -0.2) is 47.4 Å². The Morgan fingerprint density at radius 2 is 1.95 bits per heavy atom. The molecule has 6 heteroatoms. The molecule has 0 radical (unpaired) electrons. The summed E-state index contributed by atoms with van der Waals surface area (Å²) in [6, 6.07) is 0. The second kappa shape index (κ2) is 6.45. The minimum Gasteiger partial charge on any atom is -0.481 e. The van der Waals surface area contributed by atoms with E-state index in [9.17, 15) is 14.4 Å². The lowest BCUT2D eigenvalue weighted by Gasteiger charge is -2.20. The van der Waals surface area contributed by atoms with Gasteiger partial charge in [-0.2, -0.15) is 0 Å². The molecule has 2 N–H and O–H groups in total. The summed E-state index contributed by atoms with van der Waals surface area (Å²) in [6.45, 7) is 2.29. The van der Waals surface area contributed by atoms with Gasteiger partial charge in [0.05, 0.1) is 12.0 Å². The van der Waals surface area contributed by atoms with Gasteiger partial charge in [0, 0.05) is 19.5 Å². The Morgan fingerprint density at radius 3 is 2.52 bits per heavy atom. The van der Waals surface area contributed by atoms with Crippen LogP contribution in [-0.2, 0) is 14.4 Å². The van der Waals surface area contributed by atoms with E-state index >= 15 is 0 Å². The van der Waals surface area contributed by atoms with Crippen molar-refractivity contribution in [2.75, 3.05) is 19.6 Å². The van der Waals surface area contributed by atoms with E-state index in [1.807, 2.05) is 0 Å². The third-order valence-corrected chi connectivity index (χ3v) is 4.73. The Morgan fingerprint density at radius 1 is 1.29 bits per heavy atom. The predicted molar refractivity (Wildman–Crippen MR) is 76.5 cm³/mol. The maximum Gasteiger partial charge on any atom is 0.311 e. The second-order valence-electron chi connectivity index (χ2n) is 6.56. The smallest absolute Gasteiger partial charge is 0.311 e. The number of aliphatic carboxylic acids is 1. The van der Waals surface area contributed by atoms with Crippen molar-refractivity contribution in [3.63, 3.8) is 0 Å². The number of nitrogens with one attached hydrogen (secondary N) is 1. The van der Waals surface area contributed by atoms with Gasteiger partial charge in [0.15, 0.2) is 0 Å². The Bertz CT molecular complexity index is 431. The molecule has 6 nitrogen and oxygen atoms in total. The van der Waals surface area contributed by atoms with Crippen molar-refractivity contribution >= 4 is 17.8 Å². The monoisotopic (exact) mass is 296 g/mol. The van der Waals surface area contributed by atoms with Gasteiger partial charge < -0.3 is 15.3 Å². The predicted octanol–water partition coefficient (Wildman–Crippen LogP) is 1.01. The van der Waals surface area contributed by atoms with Crippen molar-refractivity contribution in [2.45, 2.75) is 45.4 Å². The van der Waals surface area contributed by atoms with Crippen molar-refractivity contribution in [2.24, 2.45) is 11.3 Å². The van der Waals surface area contributed by atoms with Crippen LogP contribution in [0.4, 0.5) is 0 Å². The standard InChI is InChI=1S/C15H24N2O4/c1-15(14(20)21)6-7-17(10-15)13(19)9-16-12(18)8-11-4-2-3-5-11/h11H,2-10H2,1H3,(H,16,18)(H,20,21). The summed E-state index contributed by atoms with van der Waals surface area (Å²) in [5.41, 5.74) is -0.858. The number of hydrogen-bond acceptors (Lipinski definition) is 3. The number of hydrogen-bond donors (Lipinski definition) is 2. The minimum absolute atomic E-state index is 0.0265. The molecule has 0 aromatic carbocycles. The number of rotatable bonds is 5. The fraction of sp³-hybridized carbons (Fsp3) is 0.800. The van der Waals surface area contributed by atoms with Crippen LogP contribution >= 0.6 is 0 Å². The molecule has 1 saturated carbocycles. The molecule has 0 bridgehead atoms. The molecular formula is C15H24N2O4. The molecule has 2 rings (SSSR count). The maximum absolute atomic E-state index is 12.0. The van der Waals surface area contributed by atoms with Gasteiger partial charge in [-0.3, -0.25) is 14.4 Å². The molecule has 21 heavy (non-hydrogen) atoms. The quantitative estimate of drug-likeness (QED) is 0.792. The van der Waals surface area contributed by atoms with Crippen LogP contribution < -0.4 is 5.32 Å². The Labute approximate surface area is 124 Å². The zero-order chi connectivity index (χ0) is 15.5. The normalized spacial score (nSPS) is 26.0. The molecule has 1 aliphatic carbocycles. The van der Waals surface area contributed by atoms with Crippen LogP contribution in [0.1, 0.15) is 45.4 Å². The highest BCUT2D eigenvalue weighted by molar-refractivity contribution is 5.86. The van der Waals surface area contributed by atoms with Crippen molar-refractivity contribution in [1.29, 1.82) is 0 Å². The Hall–Kier alpha value is -1.59. The topological polar surface area (TPSA) is 86.7 Å². The fourth-order valence-corrected chi connectivity index (χ4v) is 3.18. The number of carboxylic acids is 1. The molecule has 1 heterocycles. The summed E-state index contributed by atoms with van der Waals surface area (Å²) < 4.78 is 0. The Balaban J connectivity index is 1.72. The summed E-state index contributed by atoms with van der Waals surface area (Å²) >= 11 is 0. The van der Waals surface area contributed by atoms with Gasteiger partial charge in [-0.25, -0.2) is 0 Å². The number of likely N-dealkylation sites (tertiary alicyclic amines) is 1. The number of carbonyl (C=O) groups excluding carboxylic acids is 2. The first-order chi connectivity index (χ1) is 9.90. The van der Waals surface area contributed by atoms with Crippen LogP contribution in [0, 0.1) is 11.3 Å². The molecule has 0 aromatic heterocycles. The average Bonchev–Trinajstić information content (AvgIpc) is 3.06. The molecular weight excluding hydrogens is 272 g/mol. The molecule has 2 amide bonds. The molecule has 1 saturated heterocycles. The van der Waals surface area contributed by atoms with E-state index in [0.717, 1.165) is 12.8 Å². The lowest BCUT2D eigenvalue weighted by Crippen LogP contribution is -2.41. The van der Waals surface area contributed by atoms with E-state index in [1.54, 1.807) is 6.92 Å². The van der Waals surface area contributed by atoms with E-state index in [4.69, 9.17) is 5.11 Å². The second-order valence-corrected chi connectivity index (χ2v) is 6.56. The number of amides is 2. The molecule has 0 aromatic rings. The molecule has 118 valence electrons. The average molecular weight is 296 g/mol. The summed E-state index contributed by atoms with van der Waals surface area (Å²) in [6.07, 6.45) is 5.55. The van der Waals surface area contributed by atoms with Crippen molar-refractivity contribution < 1.29 is 19.5 Å². The van der Waals surface area contributed by atoms with Gasteiger partial charge in [-0.15, -0.1) is 0 Å². The van der Waals surface area contributed by atoms with Gasteiger partial charge in [0.2, 0.25) is 11.8 Å². The summed E-state index contributed by atoms with van der Waals surface area (Å²) in [7, 11) is 0. The van der Waals surface area contributed by atoms with E-state index in [1.165, 1.54) is 17.7 Å². The van der Waals surface area contributed by atoms with Gasteiger partial charge in [-0.1, -0.05) is 12.8 Å². The zero-order valence-corrected chi connectivity index (χ0v) is 12.6. The fourth-order valence-electron chi connectivity index (χ4n) is 3.18. The van der Waals surface area contributed by atoms with Crippen LogP contribution in [0.15, 0.2) is 0 Å². The number of carbonyl (C=O) groups is 3. The Kier molecular flexibility index (Phi) is 4.85. The summed E-state index contributed by atoms with van der Waals surface area (Å²) in [5, 5.41) is 11.8. The van der Waals surface area contributed by atoms with Crippen LogP contribution in [0.5, 0.6) is 0 Å². The van der Waals surface area contributed by atoms with Gasteiger partial charge in [0.1, 0.15) is 0 Å². The van der Waals surface area contributed by atoms with Crippen LogP contribution in [0.2, 0.25) is 0 Å². The van der Waals surface area contributed by atoms with Gasteiger partial charge in [-0.05, 0) is 32.1 Å². The summed E-state index contributed by atoms with van der Waals surface area (Å²) in [4.78, 5) is 36.5. The molecule has 2 aliphatic rings. The third kappa shape index (κ3) is 3.95. The van der Waals surface area contributed by atoms with Crippen molar-refractivity contribution in [3.05, 3.63) is 0 Å². The largest absolute Gasteiger partial charge is 0.481 e. The lowest BCUT2D eigenvalue weighted by molar-refractivity contribution is -0.147. The lowest BCUT2D eigenvalue weighted by atomic mass is 9.90. The van der Waals surface area contributed by atoms with Gasteiger partial charge >= 0.3 is 5.97 Å². The molecule has 1 aliphatic heterocycles. The van der Waals surface area contributed by atoms with Crippen molar-refractivity contribution in [3.8, 4) is 0 Å². The third-order valence-electron chi connectivity index (χ3n) is 4.73. The SMILES string of the molecule is CC1(C(=O)O)CCN(C(=O)CNC(=O)CC2CCCC2)C1. The van der Waals surface area contributed by atoms with Crippen LogP contribution in [0.25, 0.3) is 0 Å². The van der Waals surface area contributed by atoms with Crippen LogP contribution in [0.3, 0.4) is 0 Å². The highest BCUT2D eigenvalue weighted by Gasteiger charge is 2.41. The van der Waals surface area contributed by atoms with Gasteiger partial charge in [0.25, 0.3) is 0 Å². The van der Waals surface area contributed by atoms with E-state index in [0.29, 0.717) is 25.3 Å². The number of nitrogens with zero attached hydrogens (tertiary/aromatic N) is 1. The van der Waals surface area contributed by atoms with E-state index < -0.39 is 11.4 Å².